The lowest BCUT2D eigenvalue weighted by Crippen LogP contribution is -2.32. The summed E-state index contributed by atoms with van der Waals surface area (Å²) in [5.74, 6) is -0.113. The van der Waals surface area contributed by atoms with Crippen LogP contribution in [0.25, 0.3) is 10.7 Å². The van der Waals surface area contributed by atoms with Gasteiger partial charge in [-0.1, -0.05) is 6.07 Å². The highest BCUT2D eigenvalue weighted by atomic mass is 32.1. The second kappa shape index (κ2) is 8.48. The first-order chi connectivity index (χ1) is 14.0. The van der Waals surface area contributed by atoms with Gasteiger partial charge in [-0.05, 0) is 31.4 Å². The Balaban J connectivity index is 1.49. The number of rotatable bonds is 5. The summed E-state index contributed by atoms with van der Waals surface area (Å²) in [5, 5.41) is 9.44. The highest BCUT2D eigenvalue weighted by Crippen LogP contribution is 2.30. The number of hydrogen-bond acceptors (Lipinski definition) is 7. The van der Waals surface area contributed by atoms with E-state index < -0.39 is 12.2 Å². The standard InChI is InChI=1S/C20H22FN5O2S/c1-11-3-2-6-23-18(11)20-25-15(10-29-20)16(27)7-12-8-24-26-19(12)17-5-4-14(22)13(21)9-28-17/h2-3,6,8,10,13-14,17H,4-5,7,9,22H2,1H3,(H,24,26)/t13-,14-,17+/m1/s1. The molecule has 152 valence electrons. The number of aromatic amines is 1. The topological polar surface area (TPSA) is 107 Å². The van der Waals surface area contributed by atoms with Crippen molar-refractivity contribution < 1.29 is 13.9 Å². The Morgan fingerprint density at radius 3 is 3.14 bits per heavy atom. The fourth-order valence-corrected chi connectivity index (χ4v) is 4.28. The van der Waals surface area contributed by atoms with E-state index >= 15 is 0 Å². The van der Waals surface area contributed by atoms with Crippen LogP contribution in [0.2, 0.25) is 0 Å². The van der Waals surface area contributed by atoms with Crippen molar-refractivity contribution in [2.75, 3.05) is 6.61 Å². The molecule has 3 atom stereocenters. The SMILES string of the molecule is Cc1cccnc1-c1nc(C(=O)Cc2cn[nH]c2[C@@H]2CC[C@@H](N)[C@H](F)CO2)cs1. The van der Waals surface area contributed by atoms with Crippen molar-refractivity contribution in [2.24, 2.45) is 5.73 Å². The number of carbonyl (C=O) groups is 1. The molecule has 0 unspecified atom stereocenters. The molecule has 0 radical (unpaired) electrons. The second-order valence-corrected chi connectivity index (χ2v) is 8.05. The summed E-state index contributed by atoms with van der Waals surface area (Å²) in [4.78, 5) is 21.6. The largest absolute Gasteiger partial charge is 0.369 e. The van der Waals surface area contributed by atoms with Crippen LogP contribution >= 0.6 is 11.3 Å². The molecule has 0 aliphatic carbocycles. The van der Waals surface area contributed by atoms with Crippen LogP contribution < -0.4 is 5.73 Å². The van der Waals surface area contributed by atoms with Gasteiger partial charge in [0.25, 0.3) is 0 Å². The lowest BCUT2D eigenvalue weighted by molar-refractivity contribution is 0.0259. The molecule has 4 heterocycles. The van der Waals surface area contributed by atoms with Gasteiger partial charge in [-0.15, -0.1) is 11.3 Å². The van der Waals surface area contributed by atoms with Gasteiger partial charge in [-0.2, -0.15) is 5.10 Å². The number of ketones is 1. The number of carbonyl (C=O) groups excluding carboxylic acids is 1. The number of pyridine rings is 1. The normalized spacial score (nSPS) is 22.4. The predicted molar refractivity (Wildman–Crippen MR) is 108 cm³/mol. The molecule has 4 rings (SSSR count). The summed E-state index contributed by atoms with van der Waals surface area (Å²) < 4.78 is 19.5. The molecule has 7 nitrogen and oxygen atoms in total. The predicted octanol–water partition coefficient (Wildman–Crippen LogP) is 3.18. The lowest BCUT2D eigenvalue weighted by atomic mass is 10.0. The summed E-state index contributed by atoms with van der Waals surface area (Å²) in [6.07, 6.45) is 3.02. The van der Waals surface area contributed by atoms with Crippen LogP contribution in [-0.4, -0.2) is 44.8 Å². The number of aryl methyl sites for hydroxylation is 1. The highest BCUT2D eigenvalue weighted by Gasteiger charge is 2.28. The van der Waals surface area contributed by atoms with Crippen LogP contribution in [-0.2, 0) is 11.2 Å². The Morgan fingerprint density at radius 2 is 2.31 bits per heavy atom. The second-order valence-electron chi connectivity index (χ2n) is 7.19. The number of nitrogens with zero attached hydrogens (tertiary/aromatic N) is 3. The van der Waals surface area contributed by atoms with Crippen LogP contribution in [0.3, 0.4) is 0 Å². The molecule has 0 amide bonds. The Kier molecular flexibility index (Phi) is 5.79. The molecule has 1 fully saturated rings. The lowest BCUT2D eigenvalue weighted by Gasteiger charge is -2.14. The zero-order valence-electron chi connectivity index (χ0n) is 16.0. The zero-order chi connectivity index (χ0) is 20.4. The van der Waals surface area contributed by atoms with Crippen molar-refractivity contribution >= 4 is 17.1 Å². The van der Waals surface area contributed by atoms with Gasteiger partial charge in [0.05, 0.1) is 24.6 Å². The minimum absolute atomic E-state index is 0.0584. The van der Waals surface area contributed by atoms with Crippen molar-refractivity contribution in [3.05, 3.63) is 52.4 Å². The minimum atomic E-state index is -1.18. The molecule has 3 aromatic heterocycles. The first-order valence-electron chi connectivity index (χ1n) is 9.47. The maximum atomic E-state index is 13.8. The van der Waals surface area contributed by atoms with Gasteiger partial charge >= 0.3 is 0 Å². The summed E-state index contributed by atoms with van der Waals surface area (Å²) >= 11 is 1.40. The van der Waals surface area contributed by atoms with E-state index in [4.69, 9.17) is 10.5 Å². The smallest absolute Gasteiger partial charge is 0.186 e. The van der Waals surface area contributed by atoms with E-state index in [9.17, 15) is 9.18 Å². The Morgan fingerprint density at radius 1 is 1.45 bits per heavy atom. The summed E-state index contributed by atoms with van der Waals surface area (Å²) in [6, 6.07) is 3.30. The number of aromatic nitrogens is 4. The third kappa shape index (κ3) is 4.26. The number of hydrogen-bond donors (Lipinski definition) is 2. The van der Waals surface area contributed by atoms with Crippen molar-refractivity contribution in [2.45, 2.75) is 44.5 Å². The van der Waals surface area contributed by atoms with Gasteiger partial charge in [0, 0.05) is 29.6 Å². The van der Waals surface area contributed by atoms with Crippen molar-refractivity contribution in [3.63, 3.8) is 0 Å². The van der Waals surface area contributed by atoms with E-state index in [0.717, 1.165) is 16.8 Å². The molecule has 0 bridgehead atoms. The molecule has 29 heavy (non-hydrogen) atoms. The van der Waals surface area contributed by atoms with Crippen LogP contribution in [0.5, 0.6) is 0 Å². The number of thiazole rings is 1. The summed E-state index contributed by atoms with van der Waals surface area (Å²) in [7, 11) is 0. The van der Waals surface area contributed by atoms with Gasteiger partial charge in [0.2, 0.25) is 0 Å². The third-order valence-electron chi connectivity index (χ3n) is 5.11. The number of nitrogens with two attached hydrogens (primary N) is 1. The first kappa shape index (κ1) is 19.8. The van der Waals surface area contributed by atoms with Crippen molar-refractivity contribution in [3.8, 4) is 10.7 Å². The maximum absolute atomic E-state index is 13.8. The quantitative estimate of drug-likeness (QED) is 0.620. The third-order valence-corrected chi connectivity index (χ3v) is 5.96. The molecule has 9 heteroatoms. The van der Waals surface area contributed by atoms with Crippen molar-refractivity contribution in [1.82, 2.24) is 20.2 Å². The molecular formula is C20H22FN5O2S. The maximum Gasteiger partial charge on any atom is 0.186 e. The number of H-pyrrole nitrogens is 1. The van der Waals surface area contributed by atoms with Crippen LogP contribution in [0.1, 0.15) is 46.3 Å². The fraction of sp³-hybridized carbons (Fsp3) is 0.400. The van der Waals surface area contributed by atoms with Gasteiger partial charge < -0.3 is 10.5 Å². The molecule has 3 aromatic rings. The molecule has 1 aliphatic heterocycles. The number of alkyl halides is 1. The van der Waals surface area contributed by atoms with Crippen LogP contribution in [0, 0.1) is 6.92 Å². The number of nitrogens with one attached hydrogen (secondary N) is 1. The van der Waals surface area contributed by atoms with E-state index in [2.05, 4.69) is 20.2 Å². The summed E-state index contributed by atoms with van der Waals surface area (Å²) in [5.41, 5.74) is 9.42. The van der Waals surface area contributed by atoms with Gasteiger partial charge in [-0.3, -0.25) is 14.9 Å². The average molecular weight is 415 g/mol. The Labute approximate surface area is 171 Å². The molecular weight excluding hydrogens is 393 g/mol. The Hall–Kier alpha value is -2.49. The molecule has 0 spiro atoms. The van der Waals surface area contributed by atoms with E-state index in [1.807, 2.05) is 19.1 Å². The van der Waals surface area contributed by atoms with E-state index in [0.29, 0.717) is 29.2 Å². The minimum Gasteiger partial charge on any atom is -0.369 e. The monoisotopic (exact) mass is 415 g/mol. The molecule has 3 N–H and O–H groups in total. The zero-order valence-corrected chi connectivity index (χ0v) is 16.8. The van der Waals surface area contributed by atoms with Gasteiger partial charge in [0.15, 0.2) is 5.78 Å². The molecule has 0 aromatic carbocycles. The number of halogens is 1. The van der Waals surface area contributed by atoms with Crippen LogP contribution in [0.15, 0.2) is 29.9 Å². The average Bonchev–Trinajstić information content (AvgIpc) is 3.34. The van der Waals surface area contributed by atoms with E-state index in [1.165, 1.54) is 11.3 Å². The Bertz CT molecular complexity index is 992. The van der Waals surface area contributed by atoms with Crippen LogP contribution in [0.4, 0.5) is 4.39 Å². The number of Topliss-reactive ketones (excluding diaryl/α,β-unsaturated/α-hetero) is 1. The van der Waals surface area contributed by atoms with Crippen molar-refractivity contribution in [1.29, 1.82) is 0 Å². The first-order valence-corrected chi connectivity index (χ1v) is 10.3. The number of ether oxygens (including phenoxy) is 1. The molecule has 1 aliphatic rings. The van der Waals surface area contributed by atoms with E-state index in [-0.39, 0.29) is 24.9 Å². The molecule has 1 saturated heterocycles. The van der Waals surface area contributed by atoms with Gasteiger partial charge in [-0.25, -0.2) is 9.37 Å². The van der Waals surface area contributed by atoms with E-state index in [1.54, 1.807) is 17.8 Å². The molecule has 0 saturated carbocycles. The van der Waals surface area contributed by atoms with Gasteiger partial charge in [0.1, 0.15) is 22.6 Å². The highest BCUT2D eigenvalue weighted by molar-refractivity contribution is 7.13. The summed E-state index contributed by atoms with van der Waals surface area (Å²) in [6.45, 7) is 1.90. The fourth-order valence-electron chi connectivity index (χ4n) is 3.39.